The molecule has 0 aliphatic carbocycles. The molecular weight excluding hydrogens is 347 g/mol. The molecule has 1 aromatic carbocycles. The molecule has 1 aliphatic rings. The maximum atomic E-state index is 14.4. The molecule has 0 radical (unpaired) electrons. The molecular formula is C20H23FN4O2. The summed E-state index contributed by atoms with van der Waals surface area (Å²) in [6, 6.07) is 9.81. The van der Waals surface area contributed by atoms with E-state index in [1.807, 2.05) is 42.2 Å². The number of alkyl halides is 1. The Bertz CT molecular complexity index is 912. The molecule has 2 aromatic heterocycles. The number of benzene rings is 1. The van der Waals surface area contributed by atoms with E-state index in [2.05, 4.69) is 15.0 Å². The number of aryl methyl sites for hydroxylation is 1. The van der Waals surface area contributed by atoms with Gasteiger partial charge in [-0.25, -0.2) is 14.4 Å². The number of H-pyrrole nitrogens is 1. The van der Waals surface area contributed by atoms with Crippen molar-refractivity contribution in [2.24, 2.45) is 0 Å². The third kappa shape index (κ3) is 4.09. The van der Waals surface area contributed by atoms with Gasteiger partial charge in [-0.3, -0.25) is 4.90 Å². The Labute approximate surface area is 157 Å². The normalized spacial score (nSPS) is 20.4. The first-order valence-electron chi connectivity index (χ1n) is 9.03. The second kappa shape index (κ2) is 7.62. The van der Waals surface area contributed by atoms with Crippen LogP contribution in [0.3, 0.4) is 0 Å². The molecule has 1 fully saturated rings. The SMILES string of the molecule is COc1ccc(CN2CC(F)C(OCc3nc4ccc(C)cc4[nH]3)C2)cn1. The van der Waals surface area contributed by atoms with Crippen LogP contribution in [0.5, 0.6) is 5.88 Å². The summed E-state index contributed by atoms with van der Waals surface area (Å²) >= 11 is 0. The van der Waals surface area contributed by atoms with Gasteiger partial charge in [0.2, 0.25) is 5.88 Å². The van der Waals surface area contributed by atoms with Gasteiger partial charge in [-0.2, -0.15) is 0 Å². The summed E-state index contributed by atoms with van der Waals surface area (Å²) in [5.74, 6) is 1.30. The van der Waals surface area contributed by atoms with E-state index in [0.29, 0.717) is 25.5 Å². The van der Waals surface area contributed by atoms with Crippen molar-refractivity contribution in [2.45, 2.75) is 32.4 Å². The highest BCUT2D eigenvalue weighted by Gasteiger charge is 2.33. The van der Waals surface area contributed by atoms with Gasteiger partial charge in [-0.1, -0.05) is 12.1 Å². The van der Waals surface area contributed by atoms with E-state index in [4.69, 9.17) is 9.47 Å². The van der Waals surface area contributed by atoms with Crippen LogP contribution in [0.1, 0.15) is 17.0 Å². The van der Waals surface area contributed by atoms with E-state index < -0.39 is 12.3 Å². The summed E-state index contributed by atoms with van der Waals surface area (Å²) in [5, 5.41) is 0. The van der Waals surface area contributed by atoms with Crippen LogP contribution in [0.2, 0.25) is 0 Å². The first kappa shape index (κ1) is 17.9. The number of hydrogen-bond acceptors (Lipinski definition) is 5. The predicted molar refractivity (Wildman–Crippen MR) is 100 cm³/mol. The molecule has 4 rings (SSSR count). The quantitative estimate of drug-likeness (QED) is 0.723. The van der Waals surface area contributed by atoms with Crippen molar-refractivity contribution in [1.82, 2.24) is 19.9 Å². The third-order valence-corrected chi connectivity index (χ3v) is 4.81. The summed E-state index contributed by atoms with van der Waals surface area (Å²) in [7, 11) is 1.58. The topological polar surface area (TPSA) is 63.3 Å². The standard InChI is InChI=1S/C20H23FN4O2/c1-13-3-5-16-17(7-13)24-19(23-16)12-27-18-11-25(10-15(18)21)9-14-4-6-20(26-2)22-8-14/h3-8,15,18H,9-12H2,1-2H3,(H,23,24). The molecule has 0 saturated carbocycles. The summed E-state index contributed by atoms with van der Waals surface area (Å²) in [4.78, 5) is 14.0. The Hall–Kier alpha value is -2.51. The number of imidazole rings is 1. The maximum absolute atomic E-state index is 14.4. The van der Waals surface area contributed by atoms with Gasteiger partial charge in [0.1, 0.15) is 24.7 Å². The van der Waals surface area contributed by atoms with Crippen LogP contribution >= 0.6 is 0 Å². The van der Waals surface area contributed by atoms with Gasteiger partial charge < -0.3 is 14.5 Å². The zero-order valence-corrected chi connectivity index (χ0v) is 15.5. The predicted octanol–water partition coefficient (Wildman–Crippen LogP) is 3.01. The van der Waals surface area contributed by atoms with Crippen molar-refractivity contribution >= 4 is 11.0 Å². The summed E-state index contributed by atoms with van der Waals surface area (Å²) in [5.41, 5.74) is 4.07. The molecule has 1 aliphatic heterocycles. The van der Waals surface area contributed by atoms with Crippen molar-refractivity contribution in [3.8, 4) is 5.88 Å². The number of ether oxygens (including phenoxy) is 2. The van der Waals surface area contributed by atoms with Gasteiger partial charge in [0, 0.05) is 31.9 Å². The number of nitrogens with zero attached hydrogens (tertiary/aromatic N) is 3. The molecule has 27 heavy (non-hydrogen) atoms. The Morgan fingerprint density at radius 1 is 1.26 bits per heavy atom. The number of nitrogens with one attached hydrogen (secondary N) is 1. The minimum atomic E-state index is -1.01. The fraction of sp³-hybridized carbons (Fsp3) is 0.400. The van der Waals surface area contributed by atoms with Crippen LogP contribution in [-0.4, -0.2) is 52.3 Å². The molecule has 6 nitrogen and oxygen atoms in total. The fourth-order valence-electron chi connectivity index (χ4n) is 3.41. The molecule has 1 saturated heterocycles. The van der Waals surface area contributed by atoms with Gasteiger partial charge >= 0.3 is 0 Å². The second-order valence-corrected chi connectivity index (χ2v) is 6.97. The first-order chi connectivity index (χ1) is 13.1. The largest absolute Gasteiger partial charge is 0.481 e. The lowest BCUT2D eigenvalue weighted by molar-refractivity contribution is 0.00863. The van der Waals surface area contributed by atoms with Crippen molar-refractivity contribution in [1.29, 1.82) is 0 Å². The van der Waals surface area contributed by atoms with E-state index in [0.717, 1.165) is 22.4 Å². The van der Waals surface area contributed by atoms with E-state index in [9.17, 15) is 4.39 Å². The van der Waals surface area contributed by atoms with E-state index in [-0.39, 0.29) is 6.61 Å². The average Bonchev–Trinajstić information content (AvgIpc) is 3.22. The van der Waals surface area contributed by atoms with Crippen molar-refractivity contribution in [2.75, 3.05) is 20.2 Å². The number of hydrogen-bond donors (Lipinski definition) is 1. The van der Waals surface area contributed by atoms with Crippen LogP contribution in [-0.2, 0) is 17.9 Å². The number of pyridine rings is 1. The number of aromatic nitrogens is 3. The highest BCUT2D eigenvalue weighted by atomic mass is 19.1. The fourth-order valence-corrected chi connectivity index (χ4v) is 3.41. The van der Waals surface area contributed by atoms with Gasteiger partial charge in [0.25, 0.3) is 0 Å². The Kier molecular flexibility index (Phi) is 5.05. The van der Waals surface area contributed by atoms with Gasteiger partial charge in [0.15, 0.2) is 0 Å². The van der Waals surface area contributed by atoms with Crippen molar-refractivity contribution in [3.63, 3.8) is 0 Å². The van der Waals surface area contributed by atoms with Gasteiger partial charge in [-0.15, -0.1) is 0 Å². The average molecular weight is 370 g/mol. The first-order valence-corrected chi connectivity index (χ1v) is 9.03. The van der Waals surface area contributed by atoms with E-state index in [1.54, 1.807) is 13.3 Å². The van der Waals surface area contributed by atoms with Crippen LogP contribution in [0, 0.1) is 6.92 Å². The monoisotopic (exact) mass is 370 g/mol. The lowest BCUT2D eigenvalue weighted by Gasteiger charge is -2.15. The molecule has 7 heteroatoms. The maximum Gasteiger partial charge on any atom is 0.212 e. The summed E-state index contributed by atoms with van der Waals surface area (Å²) in [6.07, 6.45) is 0.297. The number of rotatable bonds is 6. The molecule has 2 atom stereocenters. The van der Waals surface area contributed by atoms with Gasteiger partial charge in [0.05, 0.1) is 18.1 Å². The van der Waals surface area contributed by atoms with Crippen LogP contribution < -0.4 is 4.74 Å². The molecule has 3 heterocycles. The van der Waals surface area contributed by atoms with E-state index >= 15 is 0 Å². The Balaban J connectivity index is 1.33. The molecule has 2 unspecified atom stereocenters. The number of likely N-dealkylation sites (tertiary alicyclic amines) is 1. The van der Waals surface area contributed by atoms with Crippen molar-refractivity contribution in [3.05, 3.63) is 53.5 Å². The highest BCUT2D eigenvalue weighted by molar-refractivity contribution is 5.75. The van der Waals surface area contributed by atoms with Crippen LogP contribution in [0.4, 0.5) is 4.39 Å². The summed E-state index contributed by atoms with van der Waals surface area (Å²) in [6.45, 7) is 3.86. The zero-order valence-electron chi connectivity index (χ0n) is 15.5. The molecule has 0 bridgehead atoms. The van der Waals surface area contributed by atoms with Crippen LogP contribution in [0.25, 0.3) is 11.0 Å². The van der Waals surface area contributed by atoms with Crippen LogP contribution in [0.15, 0.2) is 36.5 Å². The number of aromatic amines is 1. The van der Waals surface area contributed by atoms with Crippen molar-refractivity contribution < 1.29 is 13.9 Å². The molecule has 0 amide bonds. The third-order valence-electron chi connectivity index (χ3n) is 4.81. The minimum Gasteiger partial charge on any atom is -0.481 e. The van der Waals surface area contributed by atoms with E-state index in [1.165, 1.54) is 5.56 Å². The molecule has 3 aromatic rings. The summed E-state index contributed by atoms with van der Waals surface area (Å²) < 4.78 is 25.3. The van der Waals surface area contributed by atoms with Gasteiger partial charge in [-0.05, 0) is 30.2 Å². The number of methoxy groups -OCH3 is 1. The highest BCUT2D eigenvalue weighted by Crippen LogP contribution is 2.21. The lowest BCUT2D eigenvalue weighted by atomic mass is 10.2. The smallest absolute Gasteiger partial charge is 0.212 e. The number of halogens is 1. The second-order valence-electron chi connectivity index (χ2n) is 6.97. The number of fused-ring (bicyclic) bond motifs is 1. The minimum absolute atomic E-state index is 0.275. The zero-order chi connectivity index (χ0) is 18.8. The Morgan fingerprint density at radius 3 is 2.93 bits per heavy atom. The Morgan fingerprint density at radius 2 is 2.15 bits per heavy atom. The molecule has 0 spiro atoms. The molecule has 1 N–H and O–H groups in total. The molecule has 142 valence electrons. The lowest BCUT2D eigenvalue weighted by Crippen LogP contribution is -2.24.